The van der Waals surface area contributed by atoms with E-state index in [2.05, 4.69) is 0 Å². The Labute approximate surface area is 127 Å². The fraction of sp³-hybridized carbons (Fsp3) is 0.765. The Morgan fingerprint density at radius 3 is 1.76 bits per heavy atom. The molecule has 1 aliphatic rings. The highest BCUT2D eigenvalue weighted by atomic mass is 16.2. The first kappa shape index (κ1) is 19.7. The maximum Gasteiger partial charge on any atom is 0.143 e. The molecule has 0 aromatic rings. The van der Waals surface area contributed by atoms with E-state index in [4.69, 9.17) is 0 Å². The first-order chi connectivity index (χ1) is 9.66. The van der Waals surface area contributed by atoms with Crippen molar-refractivity contribution in [3.8, 4) is 0 Å². The maximum absolute atomic E-state index is 11.0. The number of carbonyl (C=O) groups excluding carboxylic acids is 4. The minimum Gasteiger partial charge on any atom is -0.299 e. The van der Waals surface area contributed by atoms with Crippen LogP contribution in [0, 0.1) is 17.8 Å². The third kappa shape index (κ3) is 7.88. The molecular weight excluding hydrogens is 268 g/mol. The number of Topliss-reactive ketones (excluding diaryl/α,β-unsaturated/α-hetero) is 4. The van der Waals surface area contributed by atoms with E-state index in [1.54, 1.807) is 0 Å². The number of carbonyl (C=O) groups is 4. The second-order valence-electron chi connectivity index (χ2n) is 6.29. The average molecular weight is 296 g/mol. The SMILES string of the molecule is CC(=O)C1CCCCC1=O.CC(C)C(=O)CC(=O)C(C)C. The van der Waals surface area contributed by atoms with Crippen LogP contribution in [0.4, 0.5) is 0 Å². The van der Waals surface area contributed by atoms with E-state index in [1.807, 2.05) is 27.7 Å². The Hall–Kier alpha value is -1.32. The predicted octanol–water partition coefficient (Wildman–Crippen LogP) is 3.16. The molecule has 0 heterocycles. The van der Waals surface area contributed by atoms with Crippen molar-refractivity contribution in [1.29, 1.82) is 0 Å². The van der Waals surface area contributed by atoms with E-state index in [0.717, 1.165) is 19.3 Å². The molecule has 120 valence electrons. The molecule has 1 atom stereocenters. The molecule has 0 aromatic carbocycles. The van der Waals surface area contributed by atoms with Crippen molar-refractivity contribution in [2.24, 2.45) is 17.8 Å². The fourth-order valence-corrected chi connectivity index (χ4v) is 1.99. The van der Waals surface area contributed by atoms with Crippen molar-refractivity contribution in [3.63, 3.8) is 0 Å². The minimum absolute atomic E-state index is 0.0160. The summed E-state index contributed by atoms with van der Waals surface area (Å²) >= 11 is 0. The summed E-state index contributed by atoms with van der Waals surface area (Å²) in [5, 5.41) is 0. The molecule has 0 aliphatic heterocycles. The van der Waals surface area contributed by atoms with Gasteiger partial charge in [-0.3, -0.25) is 19.2 Å². The highest BCUT2D eigenvalue weighted by Crippen LogP contribution is 2.20. The highest BCUT2D eigenvalue weighted by molar-refractivity contribution is 6.01. The molecule has 0 amide bonds. The van der Waals surface area contributed by atoms with E-state index in [0.29, 0.717) is 6.42 Å². The van der Waals surface area contributed by atoms with Gasteiger partial charge in [-0.15, -0.1) is 0 Å². The predicted molar refractivity (Wildman–Crippen MR) is 82.0 cm³/mol. The summed E-state index contributed by atoms with van der Waals surface area (Å²) in [7, 11) is 0. The van der Waals surface area contributed by atoms with Crippen LogP contribution < -0.4 is 0 Å². The average Bonchev–Trinajstić information content (AvgIpc) is 2.39. The van der Waals surface area contributed by atoms with Crippen LogP contribution >= 0.6 is 0 Å². The molecule has 0 aromatic heterocycles. The Balaban J connectivity index is 0.000000382. The molecule has 0 radical (unpaired) electrons. The van der Waals surface area contributed by atoms with Gasteiger partial charge in [-0.05, 0) is 19.8 Å². The van der Waals surface area contributed by atoms with Crippen molar-refractivity contribution in [3.05, 3.63) is 0 Å². The van der Waals surface area contributed by atoms with Crippen LogP contribution in [0.25, 0.3) is 0 Å². The molecule has 1 fully saturated rings. The number of ketones is 4. The van der Waals surface area contributed by atoms with E-state index in [-0.39, 0.29) is 47.3 Å². The van der Waals surface area contributed by atoms with E-state index < -0.39 is 0 Å². The Bertz CT molecular complexity index is 376. The molecule has 0 bridgehead atoms. The first-order valence-corrected chi connectivity index (χ1v) is 7.75. The van der Waals surface area contributed by atoms with Crippen LogP contribution in [0.5, 0.6) is 0 Å². The van der Waals surface area contributed by atoms with E-state index in [1.165, 1.54) is 6.92 Å². The molecular formula is C17H28O4. The van der Waals surface area contributed by atoms with Gasteiger partial charge in [-0.1, -0.05) is 34.1 Å². The van der Waals surface area contributed by atoms with Gasteiger partial charge in [0.2, 0.25) is 0 Å². The van der Waals surface area contributed by atoms with Gasteiger partial charge in [-0.25, -0.2) is 0 Å². The number of hydrogen-bond acceptors (Lipinski definition) is 4. The third-order valence-corrected chi connectivity index (χ3v) is 3.68. The third-order valence-electron chi connectivity index (χ3n) is 3.68. The lowest BCUT2D eigenvalue weighted by Gasteiger charge is -2.16. The molecule has 21 heavy (non-hydrogen) atoms. The summed E-state index contributed by atoms with van der Waals surface area (Å²) in [4.78, 5) is 43.9. The molecule has 0 N–H and O–H groups in total. The second-order valence-corrected chi connectivity index (χ2v) is 6.29. The molecule has 1 unspecified atom stereocenters. The molecule has 0 saturated heterocycles. The minimum atomic E-state index is -0.256. The van der Waals surface area contributed by atoms with Crippen LogP contribution in [0.15, 0.2) is 0 Å². The fourth-order valence-electron chi connectivity index (χ4n) is 1.99. The van der Waals surface area contributed by atoms with Crippen molar-refractivity contribution in [2.75, 3.05) is 0 Å². The van der Waals surface area contributed by atoms with Gasteiger partial charge in [-0.2, -0.15) is 0 Å². The molecule has 0 spiro atoms. The van der Waals surface area contributed by atoms with Gasteiger partial charge in [0.05, 0.1) is 12.3 Å². The summed E-state index contributed by atoms with van der Waals surface area (Å²) in [6, 6.07) is 0. The standard InChI is InChI=1S/C9H16O2.C8H12O2/c1-6(2)8(10)5-9(11)7(3)4;1-6(9)7-4-2-3-5-8(7)10/h6-7H,5H2,1-4H3;7H,2-5H2,1H3. The van der Waals surface area contributed by atoms with Crippen LogP contribution in [0.1, 0.15) is 66.7 Å². The summed E-state index contributed by atoms with van der Waals surface area (Å²) < 4.78 is 0. The van der Waals surface area contributed by atoms with Gasteiger partial charge in [0, 0.05) is 18.3 Å². The van der Waals surface area contributed by atoms with Crippen LogP contribution in [0.3, 0.4) is 0 Å². The molecule has 1 rings (SSSR count). The van der Waals surface area contributed by atoms with Crippen LogP contribution in [-0.2, 0) is 19.2 Å². The van der Waals surface area contributed by atoms with Gasteiger partial charge in [0.15, 0.2) is 0 Å². The summed E-state index contributed by atoms with van der Waals surface area (Å²) in [5.41, 5.74) is 0. The van der Waals surface area contributed by atoms with Crippen molar-refractivity contribution in [2.45, 2.75) is 66.7 Å². The van der Waals surface area contributed by atoms with E-state index in [9.17, 15) is 19.2 Å². The topological polar surface area (TPSA) is 68.3 Å². The monoisotopic (exact) mass is 296 g/mol. The number of hydrogen-bond donors (Lipinski definition) is 0. The van der Waals surface area contributed by atoms with Crippen molar-refractivity contribution < 1.29 is 19.2 Å². The molecule has 4 nitrogen and oxygen atoms in total. The smallest absolute Gasteiger partial charge is 0.143 e. The Morgan fingerprint density at radius 1 is 1.00 bits per heavy atom. The quantitative estimate of drug-likeness (QED) is 0.731. The van der Waals surface area contributed by atoms with E-state index >= 15 is 0 Å². The normalized spacial score (nSPS) is 18.2. The van der Waals surface area contributed by atoms with Crippen LogP contribution in [-0.4, -0.2) is 23.1 Å². The number of rotatable bonds is 5. The largest absolute Gasteiger partial charge is 0.299 e. The molecule has 4 heteroatoms. The Morgan fingerprint density at radius 2 is 1.48 bits per heavy atom. The summed E-state index contributed by atoms with van der Waals surface area (Å²) in [6.45, 7) is 8.77. The second kappa shape index (κ2) is 9.59. The first-order valence-electron chi connectivity index (χ1n) is 7.75. The molecule has 1 aliphatic carbocycles. The van der Waals surface area contributed by atoms with Crippen molar-refractivity contribution >= 4 is 23.1 Å². The molecule has 1 saturated carbocycles. The van der Waals surface area contributed by atoms with Gasteiger partial charge in [0.25, 0.3) is 0 Å². The lowest BCUT2D eigenvalue weighted by atomic mass is 9.86. The lowest BCUT2D eigenvalue weighted by molar-refractivity contribution is -0.133. The zero-order valence-corrected chi connectivity index (χ0v) is 13.9. The zero-order valence-electron chi connectivity index (χ0n) is 13.9. The van der Waals surface area contributed by atoms with Gasteiger partial charge >= 0.3 is 0 Å². The zero-order chi connectivity index (χ0) is 16.6. The van der Waals surface area contributed by atoms with Gasteiger partial charge in [0.1, 0.15) is 23.1 Å². The lowest BCUT2D eigenvalue weighted by Crippen LogP contribution is -2.24. The van der Waals surface area contributed by atoms with Crippen LogP contribution in [0.2, 0.25) is 0 Å². The van der Waals surface area contributed by atoms with Crippen molar-refractivity contribution in [1.82, 2.24) is 0 Å². The summed E-state index contributed by atoms with van der Waals surface area (Å²) in [5.74, 6) is 0.000000000000000666. The maximum atomic E-state index is 11.0. The van der Waals surface area contributed by atoms with Gasteiger partial charge < -0.3 is 0 Å². The summed E-state index contributed by atoms with van der Waals surface area (Å²) in [6.07, 6.45) is 3.52. The Kier molecular flexibility index (Phi) is 8.98. The highest BCUT2D eigenvalue weighted by Gasteiger charge is 2.25.